The van der Waals surface area contributed by atoms with E-state index >= 15 is 0 Å². The molecule has 2 rings (SSSR count). The summed E-state index contributed by atoms with van der Waals surface area (Å²) in [5, 5.41) is 17.5. The molecule has 0 unspecified atom stereocenters. The van der Waals surface area contributed by atoms with Gasteiger partial charge in [0.25, 0.3) is 0 Å². The molecule has 3 nitrogen and oxygen atoms in total. The van der Waals surface area contributed by atoms with E-state index in [9.17, 15) is 4.79 Å². The van der Waals surface area contributed by atoms with E-state index in [4.69, 9.17) is 10.4 Å². The zero-order chi connectivity index (χ0) is 14.4. The van der Waals surface area contributed by atoms with Gasteiger partial charge in [0, 0.05) is 11.5 Å². The molecule has 4 heteroatoms. The van der Waals surface area contributed by atoms with Crippen LogP contribution in [0.4, 0.5) is 0 Å². The second-order valence-electron chi connectivity index (χ2n) is 4.30. The fourth-order valence-corrected chi connectivity index (χ4v) is 2.66. The van der Waals surface area contributed by atoms with Crippen LogP contribution in [0.15, 0.2) is 48.5 Å². The summed E-state index contributed by atoms with van der Waals surface area (Å²) in [5.74, 6) is 0.800. The highest BCUT2D eigenvalue weighted by atomic mass is 32.2. The number of hydrogen-bond donors (Lipinski definition) is 1. The van der Waals surface area contributed by atoms with Gasteiger partial charge in [0.15, 0.2) is 0 Å². The first kappa shape index (κ1) is 14.2. The first-order valence-electron chi connectivity index (χ1n) is 6.08. The van der Waals surface area contributed by atoms with Crippen LogP contribution in [0.3, 0.4) is 0 Å². The van der Waals surface area contributed by atoms with Crippen LogP contribution in [0.1, 0.15) is 27.0 Å². The van der Waals surface area contributed by atoms with Gasteiger partial charge in [-0.3, -0.25) is 0 Å². The van der Waals surface area contributed by atoms with Crippen molar-refractivity contribution < 1.29 is 9.90 Å². The molecule has 0 saturated heterocycles. The van der Waals surface area contributed by atoms with Crippen molar-refractivity contribution in [3.63, 3.8) is 0 Å². The summed E-state index contributed by atoms with van der Waals surface area (Å²) in [6, 6.07) is 16.6. The van der Waals surface area contributed by atoms with Crippen molar-refractivity contribution in [2.24, 2.45) is 0 Å². The van der Waals surface area contributed by atoms with E-state index in [1.54, 1.807) is 23.9 Å². The molecular formula is C16H13NO2S. The highest BCUT2D eigenvalue weighted by Gasteiger charge is 2.02. The van der Waals surface area contributed by atoms with Crippen LogP contribution in [0.2, 0.25) is 0 Å². The number of carboxylic acid groups (broad SMARTS) is 1. The average Bonchev–Trinajstić information content (AvgIpc) is 2.48. The largest absolute Gasteiger partial charge is 0.478 e. The van der Waals surface area contributed by atoms with Crippen molar-refractivity contribution in [3.8, 4) is 6.07 Å². The number of aromatic carboxylic acids is 1. The Morgan fingerprint density at radius 1 is 1.00 bits per heavy atom. The Bertz CT molecular complexity index is 627. The zero-order valence-corrected chi connectivity index (χ0v) is 11.6. The minimum Gasteiger partial charge on any atom is -0.478 e. The molecule has 0 heterocycles. The van der Waals surface area contributed by atoms with Crippen molar-refractivity contribution in [1.82, 2.24) is 0 Å². The third kappa shape index (κ3) is 3.87. The lowest BCUT2D eigenvalue weighted by Crippen LogP contribution is -1.95. The Morgan fingerprint density at radius 2 is 1.50 bits per heavy atom. The molecule has 100 valence electrons. The van der Waals surface area contributed by atoms with Crippen molar-refractivity contribution in [3.05, 3.63) is 70.8 Å². The van der Waals surface area contributed by atoms with Gasteiger partial charge in [0.1, 0.15) is 0 Å². The Kier molecular flexibility index (Phi) is 4.80. The summed E-state index contributed by atoms with van der Waals surface area (Å²) in [7, 11) is 0. The molecule has 0 aliphatic rings. The number of thioether (sulfide) groups is 1. The lowest BCUT2D eigenvalue weighted by molar-refractivity contribution is 0.0697. The molecule has 0 amide bonds. The first-order chi connectivity index (χ1) is 9.69. The summed E-state index contributed by atoms with van der Waals surface area (Å²) in [5.41, 5.74) is 3.26. The van der Waals surface area contributed by atoms with Crippen LogP contribution < -0.4 is 0 Å². The highest BCUT2D eigenvalue weighted by Crippen LogP contribution is 2.18. The number of carbonyl (C=O) groups is 1. The average molecular weight is 283 g/mol. The van der Waals surface area contributed by atoms with Gasteiger partial charge in [0.05, 0.1) is 17.2 Å². The highest BCUT2D eigenvalue weighted by molar-refractivity contribution is 7.97. The Balaban J connectivity index is 1.86. The van der Waals surface area contributed by atoms with Crippen molar-refractivity contribution in [2.45, 2.75) is 11.5 Å². The fourth-order valence-electron chi connectivity index (χ4n) is 1.71. The van der Waals surface area contributed by atoms with Gasteiger partial charge >= 0.3 is 5.97 Å². The molecule has 0 bridgehead atoms. The summed E-state index contributed by atoms with van der Waals surface area (Å²) in [6.07, 6.45) is 0. The monoisotopic (exact) mass is 283 g/mol. The molecule has 0 atom stereocenters. The van der Waals surface area contributed by atoms with E-state index < -0.39 is 5.97 Å². The fraction of sp³-hybridized carbons (Fsp3) is 0.125. The minimum atomic E-state index is -0.901. The van der Waals surface area contributed by atoms with Gasteiger partial charge in [-0.15, -0.1) is 0 Å². The van der Waals surface area contributed by atoms with Crippen molar-refractivity contribution in [1.29, 1.82) is 5.26 Å². The summed E-state index contributed by atoms with van der Waals surface area (Å²) in [4.78, 5) is 10.7. The molecule has 2 aromatic rings. The molecule has 0 spiro atoms. The third-order valence-corrected chi connectivity index (χ3v) is 3.90. The maximum absolute atomic E-state index is 10.7. The number of benzene rings is 2. The van der Waals surface area contributed by atoms with Gasteiger partial charge in [-0.2, -0.15) is 17.0 Å². The number of nitriles is 1. The molecule has 0 saturated carbocycles. The van der Waals surface area contributed by atoms with E-state index in [0.29, 0.717) is 11.1 Å². The topological polar surface area (TPSA) is 61.1 Å². The standard InChI is InChI=1S/C16H13NO2S/c17-9-12-1-3-13(4-2-12)10-20-11-14-5-7-15(8-6-14)16(18)19/h1-8H,10-11H2,(H,18,19). The first-order valence-corrected chi connectivity index (χ1v) is 7.23. The van der Waals surface area contributed by atoms with Crippen LogP contribution in [0.5, 0.6) is 0 Å². The van der Waals surface area contributed by atoms with E-state index in [0.717, 1.165) is 17.1 Å². The molecule has 2 aromatic carbocycles. The molecule has 1 N–H and O–H groups in total. The van der Waals surface area contributed by atoms with Gasteiger partial charge < -0.3 is 5.11 Å². The lowest BCUT2D eigenvalue weighted by Gasteiger charge is -2.03. The summed E-state index contributed by atoms with van der Waals surface area (Å²) < 4.78 is 0. The predicted molar refractivity (Wildman–Crippen MR) is 79.6 cm³/mol. The smallest absolute Gasteiger partial charge is 0.335 e. The normalized spacial score (nSPS) is 9.95. The van der Waals surface area contributed by atoms with Crippen LogP contribution in [0.25, 0.3) is 0 Å². The minimum absolute atomic E-state index is 0.311. The van der Waals surface area contributed by atoms with Crippen LogP contribution in [-0.4, -0.2) is 11.1 Å². The molecule has 20 heavy (non-hydrogen) atoms. The van der Waals surface area contributed by atoms with Crippen molar-refractivity contribution in [2.75, 3.05) is 0 Å². The van der Waals surface area contributed by atoms with Gasteiger partial charge in [-0.1, -0.05) is 24.3 Å². The maximum Gasteiger partial charge on any atom is 0.335 e. The second kappa shape index (κ2) is 6.78. The second-order valence-corrected chi connectivity index (χ2v) is 5.29. The van der Waals surface area contributed by atoms with E-state index in [1.165, 1.54) is 5.56 Å². The SMILES string of the molecule is N#Cc1ccc(CSCc2ccc(C(=O)O)cc2)cc1. The van der Waals surface area contributed by atoms with E-state index in [-0.39, 0.29) is 0 Å². The predicted octanol–water partition coefficient (Wildman–Crippen LogP) is 3.69. The van der Waals surface area contributed by atoms with Gasteiger partial charge in [-0.25, -0.2) is 4.79 Å². The molecule has 0 aromatic heterocycles. The summed E-state index contributed by atoms with van der Waals surface area (Å²) in [6.45, 7) is 0. The van der Waals surface area contributed by atoms with Gasteiger partial charge in [0.2, 0.25) is 0 Å². The van der Waals surface area contributed by atoms with Gasteiger partial charge in [-0.05, 0) is 35.4 Å². The molecule has 0 fully saturated rings. The van der Waals surface area contributed by atoms with Crippen LogP contribution in [-0.2, 0) is 11.5 Å². The molecule has 0 aliphatic carbocycles. The van der Waals surface area contributed by atoms with Crippen LogP contribution in [0, 0.1) is 11.3 Å². The van der Waals surface area contributed by atoms with Crippen LogP contribution >= 0.6 is 11.8 Å². The number of nitrogens with zero attached hydrogens (tertiary/aromatic N) is 1. The number of hydrogen-bond acceptors (Lipinski definition) is 3. The van der Waals surface area contributed by atoms with E-state index in [1.807, 2.05) is 36.4 Å². The molecule has 0 aliphatic heterocycles. The third-order valence-electron chi connectivity index (χ3n) is 2.82. The maximum atomic E-state index is 10.7. The molecular weight excluding hydrogens is 270 g/mol. The Hall–Kier alpha value is -2.25. The summed E-state index contributed by atoms with van der Waals surface area (Å²) >= 11 is 1.76. The number of carboxylic acids is 1. The quantitative estimate of drug-likeness (QED) is 0.909. The Morgan fingerprint density at radius 3 is 1.95 bits per heavy atom. The Labute approximate surface area is 121 Å². The number of rotatable bonds is 5. The zero-order valence-electron chi connectivity index (χ0n) is 10.7. The van der Waals surface area contributed by atoms with Crippen molar-refractivity contribution >= 4 is 17.7 Å². The molecule has 0 radical (unpaired) electrons. The lowest BCUT2D eigenvalue weighted by atomic mass is 10.1. The van der Waals surface area contributed by atoms with E-state index in [2.05, 4.69) is 6.07 Å².